The average Bonchev–Trinajstić information content (AvgIpc) is 3.44. The number of benzene rings is 2. The number of aromatic nitrogens is 4. The van der Waals surface area contributed by atoms with Crippen LogP contribution in [0.5, 0.6) is 0 Å². The molecule has 0 spiro atoms. The summed E-state index contributed by atoms with van der Waals surface area (Å²) >= 11 is 0. The summed E-state index contributed by atoms with van der Waals surface area (Å²) in [4.78, 5) is 8.27. The first-order valence-electron chi connectivity index (χ1n) is 11.4. The second-order valence-electron chi connectivity index (χ2n) is 9.06. The quantitative estimate of drug-likeness (QED) is 0.386. The molecule has 0 bridgehead atoms. The molecule has 4 aromatic rings. The number of fused-ring (bicyclic) bond motifs is 3. The molecule has 0 amide bonds. The molecule has 0 saturated heterocycles. The van der Waals surface area contributed by atoms with Crippen molar-refractivity contribution in [1.29, 1.82) is 0 Å². The van der Waals surface area contributed by atoms with Gasteiger partial charge in [0.15, 0.2) is 5.82 Å². The highest BCUT2D eigenvalue weighted by Gasteiger charge is 2.36. The SMILES string of the molecule is Fc1ccc(-c2n[nH]c([C@H]3Cc4c([nH]c5cc(F)ccc45)C(C4CCCCC4)N3)n2)cc1. The van der Waals surface area contributed by atoms with Gasteiger partial charge in [0.2, 0.25) is 0 Å². The summed E-state index contributed by atoms with van der Waals surface area (Å²) in [5.41, 5.74) is 4.05. The maximum atomic E-state index is 13.9. The minimum absolute atomic E-state index is 0.0276. The van der Waals surface area contributed by atoms with Crippen LogP contribution >= 0.6 is 0 Å². The largest absolute Gasteiger partial charge is 0.357 e. The van der Waals surface area contributed by atoms with E-state index in [9.17, 15) is 8.78 Å². The lowest BCUT2D eigenvalue weighted by molar-refractivity contribution is 0.236. The highest BCUT2D eigenvalue weighted by atomic mass is 19.1. The smallest absolute Gasteiger partial charge is 0.181 e. The summed E-state index contributed by atoms with van der Waals surface area (Å²) in [5.74, 6) is 1.35. The zero-order valence-corrected chi connectivity index (χ0v) is 17.7. The van der Waals surface area contributed by atoms with Gasteiger partial charge in [-0.2, -0.15) is 5.10 Å². The van der Waals surface area contributed by atoms with Crippen LogP contribution < -0.4 is 5.32 Å². The molecule has 0 radical (unpaired) electrons. The van der Waals surface area contributed by atoms with Crippen LogP contribution in [-0.4, -0.2) is 20.2 Å². The van der Waals surface area contributed by atoms with E-state index in [2.05, 4.69) is 20.5 Å². The third-order valence-corrected chi connectivity index (χ3v) is 7.06. The van der Waals surface area contributed by atoms with Gasteiger partial charge < -0.3 is 4.98 Å². The molecule has 1 saturated carbocycles. The average molecular weight is 434 g/mol. The van der Waals surface area contributed by atoms with E-state index in [-0.39, 0.29) is 23.7 Å². The Hall–Kier alpha value is -3.06. The van der Waals surface area contributed by atoms with Gasteiger partial charge in [-0.25, -0.2) is 13.8 Å². The standard InChI is InChI=1S/C25H25F2N5/c26-16-8-6-15(7-9-16)24-30-25(32-31-24)21-13-19-18-11-10-17(27)12-20(18)28-23(19)22(29-21)14-4-2-1-3-5-14/h6-12,14,21-22,28-29H,1-5,13H2,(H,30,31,32)/t21-,22?/m1/s1. The van der Waals surface area contributed by atoms with Crippen LogP contribution in [0.25, 0.3) is 22.3 Å². The summed E-state index contributed by atoms with van der Waals surface area (Å²) in [6.45, 7) is 0. The van der Waals surface area contributed by atoms with E-state index in [1.165, 1.54) is 61.6 Å². The molecule has 1 aliphatic carbocycles. The Morgan fingerprint density at radius 2 is 1.69 bits per heavy atom. The minimum Gasteiger partial charge on any atom is -0.357 e. The molecular formula is C25H25F2N5. The lowest BCUT2D eigenvalue weighted by Crippen LogP contribution is -2.38. The number of hydrogen-bond acceptors (Lipinski definition) is 3. The normalized spacial score (nSPS) is 21.7. The van der Waals surface area contributed by atoms with Crippen LogP contribution in [0.3, 0.4) is 0 Å². The number of nitrogens with one attached hydrogen (secondary N) is 3. The molecule has 2 aliphatic rings. The fourth-order valence-electron chi connectivity index (χ4n) is 5.47. The number of nitrogens with zero attached hydrogens (tertiary/aromatic N) is 2. The molecule has 1 aliphatic heterocycles. The predicted molar refractivity (Wildman–Crippen MR) is 119 cm³/mol. The van der Waals surface area contributed by atoms with Crippen LogP contribution in [0.1, 0.15) is 61.3 Å². The summed E-state index contributed by atoms with van der Waals surface area (Å²) in [5, 5.41) is 12.4. The fourth-order valence-corrected chi connectivity index (χ4v) is 5.47. The highest BCUT2D eigenvalue weighted by molar-refractivity contribution is 5.85. The van der Waals surface area contributed by atoms with E-state index in [4.69, 9.17) is 4.98 Å². The molecule has 3 N–H and O–H groups in total. The van der Waals surface area contributed by atoms with Gasteiger partial charge in [0.1, 0.15) is 17.5 Å². The monoisotopic (exact) mass is 433 g/mol. The summed E-state index contributed by atoms with van der Waals surface area (Å²) in [7, 11) is 0. The van der Waals surface area contributed by atoms with Crippen LogP contribution in [-0.2, 0) is 6.42 Å². The van der Waals surface area contributed by atoms with Crippen molar-refractivity contribution in [3.8, 4) is 11.4 Å². The van der Waals surface area contributed by atoms with Crippen molar-refractivity contribution in [2.45, 2.75) is 50.6 Å². The lowest BCUT2D eigenvalue weighted by Gasteiger charge is -2.37. The second kappa shape index (κ2) is 7.81. The van der Waals surface area contributed by atoms with Gasteiger partial charge in [-0.15, -0.1) is 0 Å². The Bertz CT molecular complexity index is 1250. The van der Waals surface area contributed by atoms with Crippen molar-refractivity contribution in [3.05, 3.63) is 71.2 Å². The van der Waals surface area contributed by atoms with E-state index >= 15 is 0 Å². The topological polar surface area (TPSA) is 69.4 Å². The van der Waals surface area contributed by atoms with Crippen LogP contribution in [0.15, 0.2) is 42.5 Å². The molecule has 2 atom stereocenters. The fraction of sp³-hybridized carbons (Fsp3) is 0.360. The Kier molecular flexibility index (Phi) is 4.79. The van der Waals surface area contributed by atoms with E-state index in [1.807, 2.05) is 6.07 Å². The number of rotatable bonds is 3. The predicted octanol–water partition coefficient (Wildman–Crippen LogP) is 5.74. The van der Waals surface area contributed by atoms with E-state index in [0.29, 0.717) is 11.7 Å². The number of halogens is 2. The molecule has 2 aromatic carbocycles. The van der Waals surface area contributed by atoms with Gasteiger partial charge in [-0.1, -0.05) is 19.3 Å². The van der Waals surface area contributed by atoms with Gasteiger partial charge in [-0.3, -0.25) is 10.4 Å². The summed E-state index contributed by atoms with van der Waals surface area (Å²) in [6.07, 6.45) is 6.89. The first-order valence-corrected chi connectivity index (χ1v) is 11.4. The molecule has 3 heterocycles. The maximum Gasteiger partial charge on any atom is 0.181 e. The summed E-state index contributed by atoms with van der Waals surface area (Å²) in [6, 6.07) is 11.3. The Labute approximate surface area is 184 Å². The minimum atomic E-state index is -0.280. The second-order valence-corrected chi connectivity index (χ2v) is 9.06. The number of hydrogen-bond donors (Lipinski definition) is 3. The van der Waals surface area contributed by atoms with Gasteiger partial charge >= 0.3 is 0 Å². The Morgan fingerprint density at radius 1 is 0.906 bits per heavy atom. The third-order valence-electron chi connectivity index (χ3n) is 7.06. The van der Waals surface area contributed by atoms with Gasteiger partial charge in [0, 0.05) is 22.2 Å². The molecule has 1 fully saturated rings. The summed E-state index contributed by atoms with van der Waals surface area (Å²) < 4.78 is 27.2. The van der Waals surface area contributed by atoms with Gasteiger partial charge in [0.25, 0.3) is 0 Å². The lowest BCUT2D eigenvalue weighted by atomic mass is 9.79. The van der Waals surface area contributed by atoms with Gasteiger partial charge in [-0.05, 0) is 73.2 Å². The molecular weight excluding hydrogens is 408 g/mol. The zero-order chi connectivity index (χ0) is 21.7. The molecule has 32 heavy (non-hydrogen) atoms. The first-order chi connectivity index (χ1) is 15.7. The third kappa shape index (κ3) is 3.41. The molecule has 5 nitrogen and oxygen atoms in total. The van der Waals surface area contributed by atoms with Crippen molar-refractivity contribution in [3.63, 3.8) is 0 Å². The van der Waals surface area contributed by atoms with Crippen LogP contribution in [0, 0.1) is 17.6 Å². The highest BCUT2D eigenvalue weighted by Crippen LogP contribution is 2.43. The molecule has 6 rings (SSSR count). The van der Waals surface area contributed by atoms with Crippen molar-refractivity contribution in [1.82, 2.24) is 25.5 Å². The van der Waals surface area contributed by atoms with Crippen LogP contribution in [0.2, 0.25) is 0 Å². The zero-order valence-electron chi connectivity index (χ0n) is 17.7. The van der Waals surface area contributed by atoms with Gasteiger partial charge in [0.05, 0.1) is 12.1 Å². The Morgan fingerprint density at radius 3 is 2.50 bits per heavy atom. The Balaban J connectivity index is 1.38. The van der Waals surface area contributed by atoms with Crippen molar-refractivity contribution in [2.24, 2.45) is 5.92 Å². The van der Waals surface area contributed by atoms with E-state index in [0.717, 1.165) is 28.7 Å². The molecule has 1 unspecified atom stereocenters. The maximum absolute atomic E-state index is 13.9. The molecule has 7 heteroatoms. The van der Waals surface area contributed by atoms with E-state index in [1.54, 1.807) is 18.2 Å². The first kappa shape index (κ1) is 19.6. The number of H-pyrrole nitrogens is 2. The van der Waals surface area contributed by atoms with Crippen molar-refractivity contribution < 1.29 is 8.78 Å². The number of aromatic amines is 2. The van der Waals surface area contributed by atoms with Crippen LogP contribution in [0.4, 0.5) is 8.78 Å². The van der Waals surface area contributed by atoms with Crippen molar-refractivity contribution in [2.75, 3.05) is 0 Å². The molecule has 2 aromatic heterocycles. The van der Waals surface area contributed by atoms with E-state index < -0.39 is 0 Å². The van der Waals surface area contributed by atoms with Crippen molar-refractivity contribution >= 4 is 10.9 Å². The molecule has 164 valence electrons.